The number of aromatic nitrogens is 4. The molecular formula is C21H30N6O2. The fourth-order valence-corrected chi connectivity index (χ4v) is 3.17. The molecule has 0 aliphatic heterocycles. The van der Waals surface area contributed by atoms with Crippen LogP contribution in [0.5, 0.6) is 5.75 Å². The standard InChI is InChI=1S/C21H30N6O2/c1-13-11-16-15(12-17(13)29-6)24-18(19-26-25-14(2)27(16)19)22-9-7-8-10-23-20(28)21(3,4)5/h11-12H,7-10H2,1-6H3,(H,22,24)(H,23,28). The molecular weight excluding hydrogens is 368 g/mol. The van der Waals surface area contributed by atoms with Gasteiger partial charge in [-0.1, -0.05) is 20.8 Å². The number of carbonyl (C=O) groups is 1. The van der Waals surface area contributed by atoms with Crippen molar-refractivity contribution in [1.29, 1.82) is 0 Å². The highest BCUT2D eigenvalue weighted by Gasteiger charge is 2.20. The maximum atomic E-state index is 11.9. The van der Waals surface area contributed by atoms with E-state index in [1.165, 1.54) is 0 Å². The van der Waals surface area contributed by atoms with Crippen LogP contribution in [0, 0.1) is 19.3 Å². The van der Waals surface area contributed by atoms with Gasteiger partial charge in [0.15, 0.2) is 5.82 Å². The van der Waals surface area contributed by atoms with Crippen LogP contribution >= 0.6 is 0 Å². The Morgan fingerprint density at radius 3 is 2.55 bits per heavy atom. The molecule has 0 radical (unpaired) electrons. The van der Waals surface area contributed by atoms with Crippen LogP contribution in [-0.2, 0) is 4.79 Å². The number of nitrogens with zero attached hydrogens (tertiary/aromatic N) is 4. The third-order valence-electron chi connectivity index (χ3n) is 4.86. The third-order valence-corrected chi connectivity index (χ3v) is 4.86. The predicted molar refractivity (Wildman–Crippen MR) is 115 cm³/mol. The monoisotopic (exact) mass is 398 g/mol. The van der Waals surface area contributed by atoms with Crippen LogP contribution < -0.4 is 15.4 Å². The number of fused-ring (bicyclic) bond motifs is 3. The van der Waals surface area contributed by atoms with Gasteiger partial charge in [-0.15, -0.1) is 10.2 Å². The largest absolute Gasteiger partial charge is 0.496 e. The Hall–Kier alpha value is -2.90. The van der Waals surface area contributed by atoms with E-state index in [9.17, 15) is 4.79 Å². The third kappa shape index (κ3) is 4.41. The zero-order valence-electron chi connectivity index (χ0n) is 18.1. The van der Waals surface area contributed by atoms with Crippen molar-refractivity contribution in [2.45, 2.75) is 47.5 Å². The van der Waals surface area contributed by atoms with Crippen LogP contribution in [0.2, 0.25) is 0 Å². The number of rotatable bonds is 7. The normalized spacial score (nSPS) is 11.8. The lowest BCUT2D eigenvalue weighted by Gasteiger charge is -2.17. The molecule has 0 aliphatic rings. The highest BCUT2D eigenvalue weighted by molar-refractivity contribution is 5.85. The van der Waals surface area contributed by atoms with Crippen molar-refractivity contribution in [2.75, 3.05) is 25.5 Å². The maximum absolute atomic E-state index is 11.9. The average molecular weight is 399 g/mol. The van der Waals surface area contributed by atoms with Crippen molar-refractivity contribution in [2.24, 2.45) is 5.41 Å². The summed E-state index contributed by atoms with van der Waals surface area (Å²) in [6.07, 6.45) is 1.79. The van der Waals surface area contributed by atoms with E-state index in [1.54, 1.807) is 7.11 Å². The molecule has 2 N–H and O–H groups in total. The highest BCUT2D eigenvalue weighted by Crippen LogP contribution is 2.28. The van der Waals surface area contributed by atoms with Gasteiger partial charge in [-0.25, -0.2) is 4.98 Å². The number of methoxy groups -OCH3 is 1. The second-order valence-corrected chi connectivity index (χ2v) is 8.32. The molecule has 3 aromatic rings. The Kier molecular flexibility index (Phi) is 5.91. The molecule has 0 bridgehead atoms. The number of hydrogen-bond acceptors (Lipinski definition) is 6. The van der Waals surface area contributed by atoms with Gasteiger partial charge in [0, 0.05) is 24.6 Å². The second-order valence-electron chi connectivity index (χ2n) is 8.32. The van der Waals surface area contributed by atoms with E-state index in [4.69, 9.17) is 9.72 Å². The first kappa shape index (κ1) is 20.8. The molecule has 0 spiro atoms. The number of unbranched alkanes of at least 4 members (excludes halogenated alkanes) is 1. The van der Waals surface area contributed by atoms with Gasteiger partial charge >= 0.3 is 0 Å². The minimum atomic E-state index is -0.357. The molecule has 29 heavy (non-hydrogen) atoms. The fraction of sp³-hybridized carbons (Fsp3) is 0.524. The van der Waals surface area contributed by atoms with Gasteiger partial charge < -0.3 is 15.4 Å². The molecule has 0 aliphatic carbocycles. The lowest BCUT2D eigenvalue weighted by atomic mass is 9.96. The lowest BCUT2D eigenvalue weighted by Crippen LogP contribution is -2.35. The molecule has 8 heteroatoms. The van der Waals surface area contributed by atoms with Crippen molar-refractivity contribution >= 4 is 28.4 Å². The number of amides is 1. The summed E-state index contributed by atoms with van der Waals surface area (Å²) < 4.78 is 7.46. The summed E-state index contributed by atoms with van der Waals surface area (Å²) in [4.78, 5) is 16.7. The van der Waals surface area contributed by atoms with Crippen molar-refractivity contribution in [3.63, 3.8) is 0 Å². The summed E-state index contributed by atoms with van der Waals surface area (Å²) in [5.41, 5.74) is 3.16. The first-order valence-electron chi connectivity index (χ1n) is 9.94. The highest BCUT2D eigenvalue weighted by atomic mass is 16.5. The summed E-state index contributed by atoms with van der Waals surface area (Å²) in [5, 5.41) is 14.9. The summed E-state index contributed by atoms with van der Waals surface area (Å²) in [6, 6.07) is 3.99. The Balaban J connectivity index is 1.72. The maximum Gasteiger partial charge on any atom is 0.225 e. The van der Waals surface area contributed by atoms with Gasteiger partial charge in [0.1, 0.15) is 11.6 Å². The molecule has 0 fully saturated rings. The van der Waals surface area contributed by atoms with Gasteiger partial charge in [0.05, 0.1) is 18.1 Å². The summed E-state index contributed by atoms with van der Waals surface area (Å²) in [6.45, 7) is 11.1. The van der Waals surface area contributed by atoms with Gasteiger partial charge in [-0.3, -0.25) is 9.20 Å². The molecule has 0 saturated carbocycles. The fourth-order valence-electron chi connectivity index (χ4n) is 3.17. The van der Waals surface area contributed by atoms with Crippen molar-refractivity contribution in [3.8, 4) is 5.75 Å². The van der Waals surface area contributed by atoms with Crippen molar-refractivity contribution in [3.05, 3.63) is 23.5 Å². The number of carbonyl (C=O) groups excluding carboxylic acids is 1. The molecule has 3 rings (SSSR count). The van der Waals surface area contributed by atoms with E-state index in [-0.39, 0.29) is 11.3 Å². The second kappa shape index (κ2) is 8.23. The van der Waals surface area contributed by atoms with Crippen LogP contribution in [-0.4, -0.2) is 45.7 Å². The van der Waals surface area contributed by atoms with E-state index in [0.717, 1.165) is 47.6 Å². The summed E-state index contributed by atoms with van der Waals surface area (Å²) >= 11 is 0. The van der Waals surface area contributed by atoms with Gasteiger partial charge in [-0.05, 0) is 38.3 Å². The Morgan fingerprint density at radius 1 is 1.14 bits per heavy atom. The number of benzene rings is 1. The number of aryl methyl sites for hydroxylation is 2. The van der Waals surface area contributed by atoms with Gasteiger partial charge in [0.2, 0.25) is 11.6 Å². The molecule has 0 atom stereocenters. The molecule has 2 aromatic heterocycles. The van der Waals surface area contributed by atoms with E-state index < -0.39 is 0 Å². The summed E-state index contributed by atoms with van der Waals surface area (Å²) in [7, 11) is 1.66. The van der Waals surface area contributed by atoms with E-state index in [0.29, 0.717) is 18.0 Å². The van der Waals surface area contributed by atoms with E-state index >= 15 is 0 Å². The number of nitrogens with one attached hydrogen (secondary N) is 2. The van der Waals surface area contributed by atoms with Crippen LogP contribution in [0.4, 0.5) is 5.82 Å². The molecule has 1 aromatic carbocycles. The van der Waals surface area contributed by atoms with Gasteiger partial charge in [0.25, 0.3) is 0 Å². The summed E-state index contributed by atoms with van der Waals surface area (Å²) in [5.74, 6) is 2.38. The molecule has 156 valence electrons. The Bertz CT molecular complexity index is 1040. The molecule has 1 amide bonds. The zero-order chi connectivity index (χ0) is 21.2. The van der Waals surface area contributed by atoms with E-state index in [2.05, 4.69) is 20.8 Å². The first-order valence-corrected chi connectivity index (χ1v) is 9.94. The SMILES string of the molecule is COc1cc2nc(NCCCCNC(=O)C(C)(C)C)c3nnc(C)n3c2cc1C. The number of anilines is 1. The molecule has 0 saturated heterocycles. The number of ether oxygens (including phenoxy) is 1. The topological polar surface area (TPSA) is 93.4 Å². The lowest BCUT2D eigenvalue weighted by molar-refractivity contribution is -0.128. The first-order chi connectivity index (χ1) is 13.7. The Labute approximate surface area is 171 Å². The molecule has 2 heterocycles. The average Bonchev–Trinajstić information content (AvgIpc) is 3.05. The van der Waals surface area contributed by atoms with Crippen LogP contribution in [0.3, 0.4) is 0 Å². The van der Waals surface area contributed by atoms with Crippen LogP contribution in [0.1, 0.15) is 45.0 Å². The predicted octanol–water partition coefficient (Wildman–Crippen LogP) is 3.26. The minimum absolute atomic E-state index is 0.0755. The number of hydrogen-bond donors (Lipinski definition) is 2. The molecule has 0 unspecified atom stereocenters. The Morgan fingerprint density at radius 2 is 1.86 bits per heavy atom. The van der Waals surface area contributed by atoms with Crippen LogP contribution in [0.15, 0.2) is 12.1 Å². The van der Waals surface area contributed by atoms with Crippen LogP contribution in [0.25, 0.3) is 16.7 Å². The minimum Gasteiger partial charge on any atom is -0.496 e. The van der Waals surface area contributed by atoms with E-state index in [1.807, 2.05) is 51.2 Å². The zero-order valence-corrected chi connectivity index (χ0v) is 18.1. The molecule has 8 nitrogen and oxygen atoms in total. The quantitative estimate of drug-likeness (QED) is 0.594. The van der Waals surface area contributed by atoms with Crippen molar-refractivity contribution in [1.82, 2.24) is 24.9 Å². The van der Waals surface area contributed by atoms with Gasteiger partial charge in [-0.2, -0.15) is 0 Å². The smallest absolute Gasteiger partial charge is 0.225 e. The van der Waals surface area contributed by atoms with Crippen molar-refractivity contribution < 1.29 is 9.53 Å².